The third-order valence-corrected chi connectivity index (χ3v) is 13.5. The number of hydrogen-bond acceptors (Lipinski definition) is 14. The van der Waals surface area contributed by atoms with E-state index in [1.165, 1.54) is 77.0 Å². The molecule has 1 rings (SSSR count). The van der Waals surface area contributed by atoms with Gasteiger partial charge in [-0.3, -0.25) is 28.0 Å². The number of ether oxygens (including phenoxy) is 2. The lowest BCUT2D eigenvalue weighted by molar-refractivity contribution is -0.161. The van der Waals surface area contributed by atoms with Crippen LogP contribution < -0.4 is 0 Å². The van der Waals surface area contributed by atoms with E-state index in [0.29, 0.717) is 19.3 Å². The molecule has 0 amide bonds. The lowest BCUT2D eigenvalue weighted by Crippen LogP contribution is -2.30. The van der Waals surface area contributed by atoms with Crippen molar-refractivity contribution in [3.8, 4) is 0 Å². The fraction of sp³-hybridized carbons (Fsp3) is 0.896. The minimum atomic E-state index is -4.91. The molecule has 0 aromatic carbocycles. The molecule has 1 aliphatic rings. The van der Waals surface area contributed by atoms with Crippen molar-refractivity contribution in [3.05, 3.63) is 12.2 Å². The van der Waals surface area contributed by atoms with Gasteiger partial charge in [-0.1, -0.05) is 155 Å². The summed E-state index contributed by atoms with van der Waals surface area (Å²) in [4.78, 5) is 66.0. The fourth-order valence-electron chi connectivity index (χ4n) is 8.12. The predicted molar refractivity (Wildman–Crippen MR) is 256 cm³/mol. The van der Waals surface area contributed by atoms with Crippen LogP contribution in [0.5, 0.6) is 0 Å². The average Bonchev–Trinajstić information content (AvgIpc) is 3.52. The number of carbonyl (C=O) groups is 3. The second kappa shape index (κ2) is 38.1. The van der Waals surface area contributed by atoms with Gasteiger partial charge in [0.05, 0.1) is 38.1 Å². The average molecular weight is 1000 g/mol. The Bertz CT molecular complexity index is 1420. The molecule has 0 bridgehead atoms. The van der Waals surface area contributed by atoms with Crippen LogP contribution in [0, 0.1) is 17.8 Å². The molecule has 1 saturated carbocycles. The smallest absolute Gasteiger partial charge is 0.462 e. The van der Waals surface area contributed by atoms with Gasteiger partial charge in [0.2, 0.25) is 0 Å². The van der Waals surface area contributed by atoms with Gasteiger partial charge in [-0.25, -0.2) is 9.13 Å². The minimum Gasteiger partial charge on any atom is -0.462 e. The van der Waals surface area contributed by atoms with Gasteiger partial charge in [0.25, 0.3) is 0 Å². The molecule has 0 radical (unpaired) electrons. The summed E-state index contributed by atoms with van der Waals surface area (Å²) < 4.78 is 47.9. The van der Waals surface area contributed by atoms with Crippen molar-refractivity contribution in [1.82, 2.24) is 0 Å². The summed E-state index contributed by atoms with van der Waals surface area (Å²) in [6.07, 6.45) is 22.6. The third kappa shape index (κ3) is 36.1. The number of carbonyl (C=O) groups excluding carboxylic acids is 3. The standard InChI is InChI=1S/C48H90O17P2/c1-4-5-20-26-39(49)30-31-43-44(46(53)33-45(43)52)32-40(50)27-23-24-28-47(54)61-36-42(37-64-67(59,60)63-35-41(51)34-62-66(56,57)58)65-48(55)29-22-19-17-15-13-11-9-7-6-8-10-12-14-16-18-21-25-38(2)3/h30-31,38-39,41-46,49,51-53H,4-29,32-37H2,1-3H3,(H,59,60)(H2,56,57,58)/b31-30+/t39-,41-,42+,43+,44+,45+,46-/m0/s1. The van der Waals surface area contributed by atoms with Crippen LogP contribution in [0.25, 0.3) is 0 Å². The van der Waals surface area contributed by atoms with Crippen molar-refractivity contribution in [2.75, 3.05) is 26.4 Å². The highest BCUT2D eigenvalue weighted by molar-refractivity contribution is 7.47. The molecular weight excluding hydrogens is 910 g/mol. The van der Waals surface area contributed by atoms with Crippen molar-refractivity contribution < 1.29 is 81.7 Å². The first kappa shape index (κ1) is 63.4. The normalized spacial score (nSPS) is 20.0. The Morgan fingerprint density at radius 1 is 0.612 bits per heavy atom. The van der Waals surface area contributed by atoms with E-state index < -0.39 is 96.4 Å². The van der Waals surface area contributed by atoms with E-state index >= 15 is 0 Å². The highest BCUT2D eigenvalue weighted by Crippen LogP contribution is 2.44. The molecule has 0 aromatic heterocycles. The van der Waals surface area contributed by atoms with E-state index in [1.807, 2.05) is 0 Å². The van der Waals surface area contributed by atoms with Crippen LogP contribution in [0.4, 0.5) is 0 Å². The summed E-state index contributed by atoms with van der Waals surface area (Å²) in [5.41, 5.74) is 0. The largest absolute Gasteiger partial charge is 0.472 e. The van der Waals surface area contributed by atoms with Crippen molar-refractivity contribution in [2.45, 2.75) is 231 Å². The highest BCUT2D eigenvalue weighted by atomic mass is 31.2. The SMILES string of the molecule is CCCCC[C@H](O)/C=C/[C@@H]1[C@@H](CC(=O)CCCCC(=O)OC[C@H](COP(=O)(O)OC[C@@H](O)COP(=O)(O)O)OC(=O)CCCCCCCCCCCCCCCCCCC(C)C)[C@@H](O)C[C@H]1O. The van der Waals surface area contributed by atoms with E-state index in [1.54, 1.807) is 12.2 Å². The molecule has 0 spiro atoms. The predicted octanol–water partition coefficient (Wildman–Crippen LogP) is 9.10. The molecule has 7 N–H and O–H groups in total. The number of phosphoric acid groups is 2. The molecule has 394 valence electrons. The number of phosphoric ester groups is 2. The van der Waals surface area contributed by atoms with Gasteiger partial charge in [-0.15, -0.1) is 0 Å². The van der Waals surface area contributed by atoms with Gasteiger partial charge >= 0.3 is 27.6 Å². The van der Waals surface area contributed by atoms with Gasteiger partial charge in [0.1, 0.15) is 18.5 Å². The number of aliphatic hydroxyl groups excluding tert-OH is 4. The maximum atomic E-state index is 12.9. The van der Waals surface area contributed by atoms with Crippen LogP contribution in [0.2, 0.25) is 0 Å². The van der Waals surface area contributed by atoms with Crippen molar-refractivity contribution in [1.29, 1.82) is 0 Å². The van der Waals surface area contributed by atoms with Crippen LogP contribution >= 0.6 is 15.6 Å². The molecule has 0 aliphatic heterocycles. The molecule has 1 unspecified atom stereocenters. The topological polar surface area (TPSA) is 273 Å². The Morgan fingerprint density at radius 2 is 1.10 bits per heavy atom. The van der Waals surface area contributed by atoms with Gasteiger partial charge in [0, 0.05) is 43.9 Å². The van der Waals surface area contributed by atoms with E-state index in [2.05, 4.69) is 29.8 Å². The maximum Gasteiger partial charge on any atom is 0.472 e. The summed E-state index contributed by atoms with van der Waals surface area (Å²) in [5, 5.41) is 41.2. The molecule has 19 heteroatoms. The van der Waals surface area contributed by atoms with Crippen LogP contribution in [-0.4, -0.2) is 110 Å². The molecule has 17 nitrogen and oxygen atoms in total. The quantitative estimate of drug-likeness (QED) is 0.0130. The third-order valence-electron chi connectivity index (χ3n) is 12.1. The molecule has 8 atom stereocenters. The lowest BCUT2D eigenvalue weighted by atomic mass is 9.87. The molecule has 67 heavy (non-hydrogen) atoms. The number of Topliss-reactive ketones (excluding diaryl/α,β-unsaturated/α-hetero) is 1. The lowest BCUT2D eigenvalue weighted by Gasteiger charge is -2.21. The van der Waals surface area contributed by atoms with Crippen LogP contribution in [0.1, 0.15) is 201 Å². The fourth-order valence-corrected chi connectivity index (χ4v) is 9.27. The Hall–Kier alpha value is -1.59. The number of ketones is 1. The summed E-state index contributed by atoms with van der Waals surface area (Å²) in [7, 11) is -9.81. The van der Waals surface area contributed by atoms with Crippen molar-refractivity contribution in [3.63, 3.8) is 0 Å². The Labute approximate surface area is 401 Å². The summed E-state index contributed by atoms with van der Waals surface area (Å²) in [5.74, 6) is -1.61. The van der Waals surface area contributed by atoms with Crippen LogP contribution in [0.3, 0.4) is 0 Å². The van der Waals surface area contributed by atoms with Crippen LogP contribution in [-0.2, 0) is 46.6 Å². The number of aliphatic hydroxyl groups is 4. The van der Waals surface area contributed by atoms with Crippen LogP contribution in [0.15, 0.2) is 12.2 Å². The van der Waals surface area contributed by atoms with Gasteiger partial charge in [-0.2, -0.15) is 0 Å². The number of rotatable bonds is 44. The first-order valence-corrected chi connectivity index (χ1v) is 28.4. The molecule has 0 aromatic rings. The number of hydrogen-bond donors (Lipinski definition) is 7. The molecule has 0 saturated heterocycles. The van der Waals surface area contributed by atoms with Gasteiger partial charge in [0.15, 0.2) is 6.10 Å². The van der Waals surface area contributed by atoms with E-state index in [0.717, 1.165) is 50.9 Å². The Morgan fingerprint density at radius 3 is 1.67 bits per heavy atom. The molecule has 1 aliphatic carbocycles. The number of unbranched alkanes of at least 4 members (excludes halogenated alkanes) is 18. The summed E-state index contributed by atoms with van der Waals surface area (Å²) in [6, 6.07) is 0. The Kier molecular flexibility index (Phi) is 36.1. The zero-order chi connectivity index (χ0) is 49.9. The first-order chi connectivity index (χ1) is 31.8. The van der Waals surface area contributed by atoms with Gasteiger partial charge < -0.3 is 44.6 Å². The summed E-state index contributed by atoms with van der Waals surface area (Å²) in [6.45, 7) is 3.60. The van der Waals surface area contributed by atoms with E-state index in [9.17, 15) is 48.8 Å². The molecular formula is C48H90O17P2. The van der Waals surface area contributed by atoms with Gasteiger partial charge in [-0.05, 0) is 31.6 Å². The van der Waals surface area contributed by atoms with Crippen molar-refractivity contribution >= 4 is 33.4 Å². The highest BCUT2D eigenvalue weighted by Gasteiger charge is 2.41. The molecule has 0 heterocycles. The number of esters is 2. The summed E-state index contributed by atoms with van der Waals surface area (Å²) >= 11 is 0. The zero-order valence-corrected chi connectivity index (χ0v) is 42.8. The maximum absolute atomic E-state index is 12.9. The second-order valence-electron chi connectivity index (χ2n) is 18.9. The van der Waals surface area contributed by atoms with Crippen molar-refractivity contribution in [2.24, 2.45) is 17.8 Å². The first-order valence-electron chi connectivity index (χ1n) is 25.4. The second-order valence-corrected chi connectivity index (χ2v) is 21.6. The van der Waals surface area contributed by atoms with E-state index in [4.69, 9.17) is 23.8 Å². The Balaban J connectivity index is 2.49. The molecule has 1 fully saturated rings. The monoisotopic (exact) mass is 1000 g/mol. The zero-order valence-electron chi connectivity index (χ0n) is 41.0. The van der Waals surface area contributed by atoms with E-state index in [-0.39, 0.29) is 44.3 Å². The minimum absolute atomic E-state index is 0.0361.